The molecule has 0 fully saturated rings. The Balaban J connectivity index is 1.27. The zero-order chi connectivity index (χ0) is 27.8. The van der Waals surface area contributed by atoms with E-state index in [-0.39, 0.29) is 18.4 Å². The van der Waals surface area contributed by atoms with Gasteiger partial charge in [-0.1, -0.05) is 18.2 Å². The second-order valence-electron chi connectivity index (χ2n) is 9.77. The van der Waals surface area contributed by atoms with Gasteiger partial charge in [0.1, 0.15) is 5.82 Å². The quantitative estimate of drug-likeness (QED) is 0.315. The Morgan fingerprint density at radius 1 is 1.03 bits per heavy atom. The van der Waals surface area contributed by atoms with Crippen LogP contribution in [0.1, 0.15) is 41.3 Å². The van der Waals surface area contributed by atoms with Crippen molar-refractivity contribution >= 4 is 23.1 Å². The van der Waals surface area contributed by atoms with Crippen molar-refractivity contribution < 1.29 is 38.0 Å². The van der Waals surface area contributed by atoms with E-state index in [1.165, 1.54) is 12.1 Å². The predicted molar refractivity (Wildman–Crippen MR) is 143 cm³/mol. The van der Waals surface area contributed by atoms with Gasteiger partial charge in [-0.2, -0.15) is 0 Å². The third-order valence-electron chi connectivity index (χ3n) is 6.60. The second-order valence-corrected chi connectivity index (χ2v) is 9.77. The highest BCUT2D eigenvalue weighted by atomic mass is 19.1. The number of nitrogens with one attached hydrogen (secondary N) is 2. The molecule has 2 aliphatic rings. The summed E-state index contributed by atoms with van der Waals surface area (Å²) in [6, 6.07) is 11.5. The van der Waals surface area contributed by atoms with Crippen molar-refractivity contribution in [1.82, 2.24) is 5.32 Å². The lowest BCUT2D eigenvalue weighted by Crippen LogP contribution is -2.30. The Bertz CT molecular complexity index is 1180. The first-order valence-corrected chi connectivity index (χ1v) is 13.0. The Labute approximate surface area is 227 Å². The fourth-order valence-corrected chi connectivity index (χ4v) is 4.74. The van der Waals surface area contributed by atoms with Crippen molar-refractivity contribution in [2.24, 2.45) is 0 Å². The molecule has 10 heteroatoms. The van der Waals surface area contributed by atoms with Crippen LogP contribution in [0, 0.1) is 5.82 Å². The number of rotatable bonds is 14. The Kier molecular flexibility index (Phi) is 9.82. The number of hydrogen-bond acceptors (Lipinski definition) is 7. The Morgan fingerprint density at radius 3 is 2.38 bits per heavy atom. The monoisotopic (exact) mass is 542 g/mol. The van der Waals surface area contributed by atoms with Gasteiger partial charge in [0.25, 0.3) is 5.91 Å². The molecule has 0 radical (unpaired) electrons. The molecule has 0 bridgehead atoms. The lowest BCUT2D eigenvalue weighted by Gasteiger charge is -2.26. The molecule has 9 nitrogen and oxygen atoms in total. The maximum Gasteiger partial charge on any atom is 0.251 e. The molecule has 0 saturated carbocycles. The molecule has 2 atom stereocenters. The molecule has 210 valence electrons. The molecular formula is C29H35FN2O7. The van der Waals surface area contributed by atoms with Crippen LogP contribution in [-0.4, -0.2) is 81.4 Å². The number of anilines is 1. The van der Waals surface area contributed by atoms with Crippen molar-refractivity contribution in [3.8, 4) is 0 Å². The first-order chi connectivity index (χ1) is 18.8. The summed E-state index contributed by atoms with van der Waals surface area (Å²) in [5, 5.41) is 14.2. The lowest BCUT2D eigenvalue weighted by atomic mass is 9.90. The number of hydrogen-bond donors (Lipinski definition) is 3. The van der Waals surface area contributed by atoms with Crippen LogP contribution in [-0.2, 0) is 23.7 Å². The van der Waals surface area contributed by atoms with Gasteiger partial charge in [0.15, 0.2) is 0 Å². The summed E-state index contributed by atoms with van der Waals surface area (Å²) in [6.45, 7) is 6.58. The van der Waals surface area contributed by atoms with Crippen LogP contribution in [0.5, 0.6) is 0 Å². The van der Waals surface area contributed by atoms with Gasteiger partial charge in [-0.15, -0.1) is 0 Å². The number of halogens is 1. The van der Waals surface area contributed by atoms with Gasteiger partial charge in [-0.25, -0.2) is 4.39 Å². The highest BCUT2D eigenvalue weighted by molar-refractivity contribution is 6.04. The van der Waals surface area contributed by atoms with E-state index in [1.54, 1.807) is 18.2 Å². The molecule has 0 saturated heterocycles. The number of aliphatic hydroxyl groups is 1. The fourth-order valence-electron chi connectivity index (χ4n) is 4.74. The van der Waals surface area contributed by atoms with E-state index in [2.05, 4.69) is 10.6 Å². The van der Waals surface area contributed by atoms with Crippen LogP contribution in [0.2, 0.25) is 0 Å². The smallest absolute Gasteiger partial charge is 0.251 e. The molecule has 2 amide bonds. The minimum atomic E-state index is -0.662. The van der Waals surface area contributed by atoms with Crippen LogP contribution in [0.25, 0.3) is 5.57 Å². The van der Waals surface area contributed by atoms with Crippen LogP contribution >= 0.6 is 0 Å². The molecule has 2 heterocycles. The van der Waals surface area contributed by atoms with Crippen molar-refractivity contribution in [3.63, 3.8) is 0 Å². The van der Waals surface area contributed by atoms with Crippen LogP contribution in [0.15, 0.2) is 48.5 Å². The molecule has 2 aromatic rings. The molecular weight excluding hydrogens is 507 g/mol. The zero-order valence-electron chi connectivity index (χ0n) is 22.2. The zero-order valence-corrected chi connectivity index (χ0v) is 22.2. The normalized spacial score (nSPS) is 19.5. The number of carbonyl (C=O) groups is 2. The highest BCUT2D eigenvalue weighted by Crippen LogP contribution is 2.45. The average molecular weight is 543 g/mol. The third-order valence-corrected chi connectivity index (χ3v) is 6.60. The molecule has 4 rings (SSSR count). The maximum absolute atomic E-state index is 13.6. The minimum Gasteiger partial charge on any atom is -0.394 e. The Morgan fingerprint density at radius 2 is 1.69 bits per heavy atom. The molecule has 3 N–H and O–H groups in total. The summed E-state index contributed by atoms with van der Waals surface area (Å²) in [6.07, 6.45) is 1.44. The largest absolute Gasteiger partial charge is 0.394 e. The van der Waals surface area contributed by atoms with E-state index in [0.717, 1.165) is 11.1 Å². The van der Waals surface area contributed by atoms with E-state index >= 15 is 0 Å². The van der Waals surface area contributed by atoms with Gasteiger partial charge in [0, 0.05) is 17.8 Å². The molecule has 2 aromatic carbocycles. The topological polar surface area (TPSA) is 115 Å². The van der Waals surface area contributed by atoms with Crippen molar-refractivity contribution in [2.45, 2.75) is 31.5 Å². The Hall–Kier alpha value is -3.15. The van der Waals surface area contributed by atoms with Crippen LogP contribution in [0.4, 0.5) is 10.1 Å². The van der Waals surface area contributed by atoms with Gasteiger partial charge >= 0.3 is 0 Å². The van der Waals surface area contributed by atoms with E-state index < -0.39 is 23.4 Å². The lowest BCUT2D eigenvalue weighted by molar-refractivity contribution is -0.120. The number of amides is 2. The van der Waals surface area contributed by atoms with Crippen molar-refractivity contribution in [1.29, 1.82) is 0 Å². The number of aliphatic hydroxyl groups excluding tert-OH is 1. The summed E-state index contributed by atoms with van der Waals surface area (Å²) in [4.78, 5) is 25.2. The van der Waals surface area contributed by atoms with Gasteiger partial charge in [-0.05, 0) is 60.9 Å². The maximum atomic E-state index is 13.6. The van der Waals surface area contributed by atoms with Gasteiger partial charge < -0.3 is 34.7 Å². The van der Waals surface area contributed by atoms with Crippen LogP contribution in [0.3, 0.4) is 0 Å². The summed E-state index contributed by atoms with van der Waals surface area (Å²) >= 11 is 0. The van der Waals surface area contributed by atoms with E-state index in [9.17, 15) is 14.0 Å². The number of carbonyl (C=O) groups excluding carboxylic acids is 2. The third kappa shape index (κ3) is 7.28. The van der Waals surface area contributed by atoms with Crippen molar-refractivity contribution in [3.05, 3.63) is 71.0 Å². The summed E-state index contributed by atoms with van der Waals surface area (Å²) in [7, 11) is 0. The molecule has 0 aromatic heterocycles. The molecule has 39 heavy (non-hydrogen) atoms. The molecule has 0 spiro atoms. The highest BCUT2D eigenvalue weighted by Gasteiger charge is 2.44. The molecule has 2 aliphatic heterocycles. The number of ether oxygens (including phenoxy) is 4. The van der Waals surface area contributed by atoms with Gasteiger partial charge in [0.2, 0.25) is 5.91 Å². The second kappa shape index (κ2) is 13.3. The molecule has 0 aliphatic carbocycles. The molecule has 2 unspecified atom stereocenters. The summed E-state index contributed by atoms with van der Waals surface area (Å²) < 4.78 is 35.8. The van der Waals surface area contributed by atoms with Gasteiger partial charge in [0.05, 0.1) is 63.9 Å². The SMILES string of the molecule is CC1(C)OC(C2C(=O)Nc3cc(F)ccc32)C=C1c1ccc(C(=O)NCCOCCOCCOCCO)cc1. The standard InChI is InChI=1S/C29H35FN2O7/c1-29(2)23(18-25(39-29)26-22-8-7-21(30)17-24(22)32-28(26)35)19-3-5-20(6-4-19)27(34)31-9-11-36-13-15-38-16-14-37-12-10-33/h3-8,17-18,25-26,33H,9-16H2,1-2H3,(H,31,34)(H,32,35). The first kappa shape index (κ1) is 28.8. The van der Waals surface area contributed by atoms with Gasteiger partial charge in [-0.3, -0.25) is 9.59 Å². The van der Waals surface area contributed by atoms with E-state index in [4.69, 9.17) is 24.1 Å². The predicted octanol–water partition coefficient (Wildman–Crippen LogP) is 2.89. The average Bonchev–Trinajstić information content (AvgIpc) is 3.40. The fraction of sp³-hybridized carbons (Fsp3) is 0.448. The number of benzene rings is 2. The van der Waals surface area contributed by atoms with Crippen LogP contribution < -0.4 is 10.6 Å². The number of fused-ring (bicyclic) bond motifs is 1. The van der Waals surface area contributed by atoms with Crippen molar-refractivity contribution in [2.75, 3.05) is 58.1 Å². The summed E-state index contributed by atoms with van der Waals surface area (Å²) in [5.74, 6) is -1.40. The van der Waals surface area contributed by atoms with E-state index in [1.807, 2.05) is 32.1 Å². The first-order valence-electron chi connectivity index (χ1n) is 13.0. The minimum absolute atomic E-state index is 0.00701. The van der Waals surface area contributed by atoms with E-state index in [0.29, 0.717) is 63.0 Å². The summed E-state index contributed by atoms with van der Waals surface area (Å²) in [5.41, 5.74) is 2.85.